The summed E-state index contributed by atoms with van der Waals surface area (Å²) >= 11 is 5.74. The molecule has 0 saturated carbocycles. The number of carbonyl (C=O) groups is 1. The largest absolute Gasteiger partial charge is 0.277 e. The Bertz CT molecular complexity index is 288. The van der Waals surface area contributed by atoms with Crippen LogP contribution >= 0.6 is 11.6 Å². The van der Waals surface area contributed by atoms with E-state index >= 15 is 0 Å². The lowest BCUT2D eigenvalue weighted by molar-refractivity contribution is 0.0538. The van der Waals surface area contributed by atoms with E-state index in [9.17, 15) is 4.79 Å². The average molecular weight is 186 g/mol. The fraction of sp³-hybridized carbons (Fsp3) is 0.125. The van der Waals surface area contributed by atoms with Gasteiger partial charge >= 0.3 is 0 Å². The first-order chi connectivity index (χ1) is 5.75. The molecule has 0 atom stereocenters. The Hall–Kier alpha value is -1.06. The standard InChI is InChI=1S/C8H8ClNO2/c1-12-10-8(11)6-4-2-3-5-7(6)9/h2-5H,1H3,(H,10,11). The molecule has 1 N–H and O–H groups in total. The van der Waals surface area contributed by atoms with Gasteiger partial charge in [0.1, 0.15) is 0 Å². The molecular formula is C8H8ClNO2. The Kier molecular flexibility index (Phi) is 3.08. The third kappa shape index (κ3) is 1.96. The van der Waals surface area contributed by atoms with E-state index in [1.54, 1.807) is 24.3 Å². The number of amides is 1. The highest BCUT2D eigenvalue weighted by Gasteiger charge is 2.07. The van der Waals surface area contributed by atoms with E-state index in [0.29, 0.717) is 10.6 Å². The molecular weight excluding hydrogens is 178 g/mol. The van der Waals surface area contributed by atoms with Crippen LogP contribution in [-0.4, -0.2) is 13.0 Å². The van der Waals surface area contributed by atoms with Gasteiger partial charge in [-0.15, -0.1) is 0 Å². The fourth-order valence-electron chi connectivity index (χ4n) is 0.793. The summed E-state index contributed by atoms with van der Waals surface area (Å²) in [5.41, 5.74) is 2.58. The van der Waals surface area contributed by atoms with Crippen molar-refractivity contribution in [3.63, 3.8) is 0 Å². The van der Waals surface area contributed by atoms with Crippen molar-refractivity contribution in [2.75, 3.05) is 7.11 Å². The summed E-state index contributed by atoms with van der Waals surface area (Å²) in [4.78, 5) is 15.6. The third-order valence-electron chi connectivity index (χ3n) is 1.31. The number of benzene rings is 1. The Morgan fingerprint density at radius 1 is 1.50 bits per heavy atom. The summed E-state index contributed by atoms with van der Waals surface area (Å²) in [6, 6.07) is 6.76. The predicted molar refractivity (Wildman–Crippen MR) is 45.9 cm³/mol. The quantitative estimate of drug-likeness (QED) is 0.712. The molecule has 0 saturated heterocycles. The molecule has 0 unspecified atom stereocenters. The molecule has 0 aromatic heterocycles. The Balaban J connectivity index is 2.87. The summed E-state index contributed by atoms with van der Waals surface area (Å²) in [7, 11) is 1.37. The molecule has 0 aliphatic carbocycles. The summed E-state index contributed by atoms with van der Waals surface area (Å²) in [5, 5.41) is 0.409. The zero-order chi connectivity index (χ0) is 8.97. The minimum absolute atomic E-state index is 0.344. The smallest absolute Gasteiger partial charge is 0.276 e. The van der Waals surface area contributed by atoms with E-state index < -0.39 is 0 Å². The molecule has 4 heteroatoms. The number of nitrogens with one attached hydrogen (secondary N) is 1. The Morgan fingerprint density at radius 2 is 2.17 bits per heavy atom. The maximum atomic E-state index is 11.1. The maximum absolute atomic E-state index is 11.1. The maximum Gasteiger partial charge on any atom is 0.276 e. The van der Waals surface area contributed by atoms with E-state index in [-0.39, 0.29) is 5.91 Å². The lowest BCUT2D eigenvalue weighted by Gasteiger charge is -2.02. The number of halogens is 1. The van der Waals surface area contributed by atoms with Crippen LogP contribution in [0, 0.1) is 0 Å². The van der Waals surface area contributed by atoms with Crippen molar-refractivity contribution in [2.45, 2.75) is 0 Å². The molecule has 1 amide bonds. The van der Waals surface area contributed by atoms with Gasteiger partial charge in [-0.05, 0) is 12.1 Å². The molecule has 0 heterocycles. The topological polar surface area (TPSA) is 38.3 Å². The molecule has 1 aromatic carbocycles. The zero-order valence-corrected chi connectivity index (χ0v) is 7.26. The Morgan fingerprint density at radius 3 is 2.75 bits per heavy atom. The van der Waals surface area contributed by atoms with Crippen LogP contribution < -0.4 is 5.48 Å². The first-order valence-corrected chi connectivity index (χ1v) is 3.71. The number of carbonyl (C=O) groups excluding carboxylic acids is 1. The van der Waals surface area contributed by atoms with Gasteiger partial charge in [0.2, 0.25) is 0 Å². The van der Waals surface area contributed by atoms with Gasteiger partial charge in [-0.3, -0.25) is 9.63 Å². The summed E-state index contributed by atoms with van der Waals surface area (Å²) in [6.45, 7) is 0. The lowest BCUT2D eigenvalue weighted by atomic mass is 10.2. The molecule has 64 valence electrons. The van der Waals surface area contributed by atoms with Crippen molar-refractivity contribution in [3.8, 4) is 0 Å². The van der Waals surface area contributed by atoms with Gasteiger partial charge in [-0.25, -0.2) is 5.48 Å². The van der Waals surface area contributed by atoms with Crippen LogP contribution in [0.2, 0.25) is 5.02 Å². The molecule has 0 spiro atoms. The van der Waals surface area contributed by atoms with Crippen molar-refractivity contribution >= 4 is 17.5 Å². The van der Waals surface area contributed by atoms with E-state index in [1.807, 2.05) is 0 Å². The van der Waals surface area contributed by atoms with E-state index in [2.05, 4.69) is 10.3 Å². The molecule has 0 bridgehead atoms. The van der Waals surface area contributed by atoms with Crippen molar-refractivity contribution in [1.29, 1.82) is 0 Å². The first kappa shape index (κ1) is 9.03. The number of hydrogen-bond acceptors (Lipinski definition) is 2. The molecule has 0 radical (unpaired) electrons. The molecule has 0 fully saturated rings. The van der Waals surface area contributed by atoms with Crippen molar-refractivity contribution < 1.29 is 9.63 Å². The molecule has 12 heavy (non-hydrogen) atoms. The second kappa shape index (κ2) is 4.09. The summed E-state index contributed by atoms with van der Waals surface area (Å²) in [6.07, 6.45) is 0. The first-order valence-electron chi connectivity index (χ1n) is 3.33. The Labute approximate surface area is 75.2 Å². The average Bonchev–Trinajstić information content (AvgIpc) is 2.05. The monoisotopic (exact) mass is 185 g/mol. The highest BCUT2D eigenvalue weighted by atomic mass is 35.5. The van der Waals surface area contributed by atoms with Crippen molar-refractivity contribution in [3.05, 3.63) is 34.9 Å². The van der Waals surface area contributed by atoms with E-state index in [0.717, 1.165) is 0 Å². The number of hydroxylamine groups is 1. The molecule has 0 aliphatic rings. The molecule has 0 aliphatic heterocycles. The van der Waals surface area contributed by atoms with Gasteiger partial charge in [0, 0.05) is 0 Å². The number of rotatable bonds is 2. The second-order valence-corrected chi connectivity index (χ2v) is 2.52. The van der Waals surface area contributed by atoms with Crippen LogP contribution in [0.25, 0.3) is 0 Å². The van der Waals surface area contributed by atoms with Crippen LogP contribution in [0.5, 0.6) is 0 Å². The summed E-state index contributed by atoms with van der Waals surface area (Å²) < 4.78 is 0. The third-order valence-corrected chi connectivity index (χ3v) is 1.64. The van der Waals surface area contributed by atoms with Gasteiger partial charge in [0.15, 0.2) is 0 Å². The van der Waals surface area contributed by atoms with Crippen LogP contribution in [0.15, 0.2) is 24.3 Å². The molecule has 3 nitrogen and oxygen atoms in total. The minimum Gasteiger partial charge on any atom is -0.277 e. The van der Waals surface area contributed by atoms with Gasteiger partial charge in [0.25, 0.3) is 5.91 Å². The fourth-order valence-corrected chi connectivity index (χ4v) is 1.01. The van der Waals surface area contributed by atoms with Crippen molar-refractivity contribution in [2.24, 2.45) is 0 Å². The van der Waals surface area contributed by atoms with Gasteiger partial charge < -0.3 is 0 Å². The van der Waals surface area contributed by atoms with Gasteiger partial charge in [0.05, 0.1) is 17.7 Å². The summed E-state index contributed by atoms with van der Waals surface area (Å²) in [5.74, 6) is -0.344. The minimum atomic E-state index is -0.344. The predicted octanol–water partition coefficient (Wildman–Crippen LogP) is 1.63. The highest BCUT2D eigenvalue weighted by Crippen LogP contribution is 2.14. The second-order valence-electron chi connectivity index (χ2n) is 2.12. The highest BCUT2D eigenvalue weighted by molar-refractivity contribution is 6.33. The SMILES string of the molecule is CONC(=O)c1ccccc1Cl. The van der Waals surface area contributed by atoms with E-state index in [1.165, 1.54) is 7.11 Å². The van der Waals surface area contributed by atoms with Crippen LogP contribution in [0.4, 0.5) is 0 Å². The van der Waals surface area contributed by atoms with Gasteiger partial charge in [-0.2, -0.15) is 0 Å². The van der Waals surface area contributed by atoms with E-state index in [4.69, 9.17) is 11.6 Å². The molecule has 1 aromatic rings. The van der Waals surface area contributed by atoms with Crippen LogP contribution in [0.1, 0.15) is 10.4 Å². The van der Waals surface area contributed by atoms with Crippen LogP contribution in [-0.2, 0) is 4.84 Å². The molecule has 1 rings (SSSR count). The zero-order valence-electron chi connectivity index (χ0n) is 6.50. The van der Waals surface area contributed by atoms with Crippen molar-refractivity contribution in [1.82, 2.24) is 5.48 Å². The lowest BCUT2D eigenvalue weighted by Crippen LogP contribution is -2.21. The number of hydrogen-bond donors (Lipinski definition) is 1. The normalized spacial score (nSPS) is 9.50. The van der Waals surface area contributed by atoms with Crippen LogP contribution in [0.3, 0.4) is 0 Å². The van der Waals surface area contributed by atoms with Gasteiger partial charge in [-0.1, -0.05) is 23.7 Å².